The van der Waals surface area contributed by atoms with Crippen LogP contribution in [0.15, 0.2) is 24.3 Å². The van der Waals surface area contributed by atoms with Crippen molar-refractivity contribution < 1.29 is 13.0 Å². The molecular formula is C13H19NO3S. The molecule has 1 aromatic carbocycles. The van der Waals surface area contributed by atoms with Crippen LogP contribution in [0.4, 0.5) is 5.69 Å². The van der Waals surface area contributed by atoms with E-state index in [9.17, 15) is 8.42 Å². The molecule has 18 heavy (non-hydrogen) atoms. The fourth-order valence-electron chi connectivity index (χ4n) is 2.50. The van der Waals surface area contributed by atoms with Gasteiger partial charge in [-0.25, -0.2) is 0 Å². The summed E-state index contributed by atoms with van der Waals surface area (Å²) < 4.78 is 30.4. The summed E-state index contributed by atoms with van der Waals surface area (Å²) in [7, 11) is -3.86. The molecule has 0 bridgehead atoms. The van der Waals surface area contributed by atoms with E-state index in [1.165, 1.54) is 11.3 Å². The van der Waals surface area contributed by atoms with Gasteiger partial charge in [0.05, 0.1) is 5.75 Å². The molecule has 0 saturated heterocycles. The van der Waals surface area contributed by atoms with E-state index in [4.69, 9.17) is 4.55 Å². The maximum absolute atomic E-state index is 10.8. The Morgan fingerprint density at radius 1 is 1.39 bits per heavy atom. The van der Waals surface area contributed by atoms with Crippen LogP contribution in [0.1, 0.15) is 25.3 Å². The lowest BCUT2D eigenvalue weighted by molar-refractivity contribution is 0.475. The molecule has 5 heteroatoms. The Morgan fingerprint density at radius 2 is 2.11 bits per heavy atom. The summed E-state index contributed by atoms with van der Waals surface area (Å²) in [6.07, 6.45) is 2.62. The van der Waals surface area contributed by atoms with Crippen molar-refractivity contribution >= 4 is 15.8 Å². The summed E-state index contributed by atoms with van der Waals surface area (Å²) in [5.74, 6) is -0.174. The molecule has 0 saturated carbocycles. The molecule has 1 aliphatic rings. The summed E-state index contributed by atoms with van der Waals surface area (Å²) in [5, 5.41) is 0. The highest BCUT2D eigenvalue weighted by molar-refractivity contribution is 7.85. The van der Waals surface area contributed by atoms with Crippen molar-refractivity contribution in [1.29, 1.82) is 0 Å². The lowest BCUT2D eigenvalue weighted by Crippen LogP contribution is -2.38. The number of benzene rings is 1. The number of para-hydroxylation sites is 1. The molecule has 0 aliphatic carbocycles. The molecule has 1 unspecified atom stereocenters. The van der Waals surface area contributed by atoms with Crippen molar-refractivity contribution in [3.05, 3.63) is 29.8 Å². The van der Waals surface area contributed by atoms with E-state index < -0.39 is 10.1 Å². The molecule has 0 spiro atoms. The van der Waals surface area contributed by atoms with Crippen molar-refractivity contribution in [1.82, 2.24) is 0 Å². The van der Waals surface area contributed by atoms with Gasteiger partial charge in [-0.05, 0) is 37.8 Å². The molecule has 1 N–H and O–H groups in total. The van der Waals surface area contributed by atoms with Crippen LogP contribution in [0.3, 0.4) is 0 Å². The number of rotatable bonds is 4. The fourth-order valence-corrected chi connectivity index (χ4v) is 3.13. The standard InChI is InChI=1S/C13H19NO3S/c1-11(8-10-18(15,16)17)14-9-4-6-12-5-2-3-7-13(12)14/h2-3,5,7,11H,4,6,8-10H2,1H3,(H,15,16,17). The Kier molecular flexibility index (Phi) is 3.92. The molecule has 0 radical (unpaired) electrons. The highest BCUT2D eigenvalue weighted by Crippen LogP contribution is 2.29. The van der Waals surface area contributed by atoms with E-state index in [2.05, 4.69) is 17.0 Å². The second-order valence-corrected chi connectivity index (χ2v) is 6.42. The van der Waals surface area contributed by atoms with Gasteiger partial charge in [0.2, 0.25) is 0 Å². The number of hydrogen-bond acceptors (Lipinski definition) is 3. The lowest BCUT2D eigenvalue weighted by atomic mass is 10.00. The second-order valence-electron chi connectivity index (χ2n) is 4.85. The zero-order valence-corrected chi connectivity index (χ0v) is 11.4. The summed E-state index contributed by atoms with van der Waals surface area (Å²) in [5.41, 5.74) is 2.52. The largest absolute Gasteiger partial charge is 0.369 e. The van der Waals surface area contributed by atoms with Gasteiger partial charge in [0, 0.05) is 18.3 Å². The summed E-state index contributed by atoms with van der Waals surface area (Å²) in [6.45, 7) is 2.96. The van der Waals surface area contributed by atoms with Crippen LogP contribution >= 0.6 is 0 Å². The van der Waals surface area contributed by atoms with Crippen LogP contribution in [0.2, 0.25) is 0 Å². The van der Waals surface area contributed by atoms with Gasteiger partial charge in [-0.15, -0.1) is 0 Å². The molecule has 0 aromatic heterocycles. The Morgan fingerprint density at radius 3 is 2.83 bits per heavy atom. The molecule has 4 nitrogen and oxygen atoms in total. The molecule has 1 atom stereocenters. The maximum Gasteiger partial charge on any atom is 0.264 e. The fraction of sp³-hybridized carbons (Fsp3) is 0.538. The van der Waals surface area contributed by atoms with Crippen LogP contribution in [0.5, 0.6) is 0 Å². The third-order valence-electron chi connectivity index (χ3n) is 3.47. The molecule has 1 aliphatic heterocycles. The first-order valence-corrected chi connectivity index (χ1v) is 7.88. The average Bonchev–Trinajstić information content (AvgIpc) is 2.34. The van der Waals surface area contributed by atoms with E-state index in [-0.39, 0.29) is 11.8 Å². The first-order chi connectivity index (χ1) is 8.47. The lowest BCUT2D eigenvalue weighted by Gasteiger charge is -2.36. The van der Waals surface area contributed by atoms with Gasteiger partial charge in [-0.1, -0.05) is 18.2 Å². The third-order valence-corrected chi connectivity index (χ3v) is 4.22. The summed E-state index contributed by atoms with van der Waals surface area (Å²) >= 11 is 0. The number of hydrogen-bond donors (Lipinski definition) is 1. The first-order valence-electron chi connectivity index (χ1n) is 6.27. The quantitative estimate of drug-likeness (QED) is 0.851. The van der Waals surface area contributed by atoms with Crippen LogP contribution in [0.25, 0.3) is 0 Å². The van der Waals surface area contributed by atoms with Crippen molar-refractivity contribution in [3.8, 4) is 0 Å². The molecule has 0 fully saturated rings. The van der Waals surface area contributed by atoms with Crippen molar-refractivity contribution in [2.75, 3.05) is 17.2 Å². The number of nitrogens with zero attached hydrogens (tertiary/aromatic N) is 1. The van der Waals surface area contributed by atoms with E-state index >= 15 is 0 Å². The molecule has 1 heterocycles. The molecular weight excluding hydrogens is 250 g/mol. The second kappa shape index (κ2) is 5.28. The highest BCUT2D eigenvalue weighted by atomic mass is 32.2. The van der Waals surface area contributed by atoms with Gasteiger partial charge in [0.15, 0.2) is 0 Å². The van der Waals surface area contributed by atoms with Gasteiger partial charge in [-0.2, -0.15) is 8.42 Å². The van der Waals surface area contributed by atoms with Gasteiger partial charge < -0.3 is 4.90 Å². The first kappa shape index (κ1) is 13.4. The van der Waals surface area contributed by atoms with Gasteiger partial charge >= 0.3 is 0 Å². The molecule has 0 amide bonds. The average molecular weight is 269 g/mol. The Balaban J connectivity index is 2.10. The van der Waals surface area contributed by atoms with E-state index in [0.717, 1.165) is 19.4 Å². The minimum absolute atomic E-state index is 0.119. The van der Waals surface area contributed by atoms with E-state index in [1.807, 2.05) is 19.1 Å². The van der Waals surface area contributed by atoms with E-state index in [0.29, 0.717) is 6.42 Å². The monoisotopic (exact) mass is 269 g/mol. The van der Waals surface area contributed by atoms with Crippen LogP contribution in [0, 0.1) is 0 Å². The number of fused-ring (bicyclic) bond motifs is 1. The van der Waals surface area contributed by atoms with Crippen molar-refractivity contribution in [2.24, 2.45) is 0 Å². The van der Waals surface area contributed by atoms with Crippen LogP contribution in [-0.2, 0) is 16.5 Å². The smallest absolute Gasteiger partial charge is 0.264 e. The third kappa shape index (κ3) is 3.23. The zero-order valence-electron chi connectivity index (χ0n) is 10.5. The normalized spacial score (nSPS) is 17.3. The SMILES string of the molecule is CC(CCS(=O)(=O)O)N1CCCc2ccccc21. The van der Waals surface area contributed by atoms with Gasteiger partial charge in [-0.3, -0.25) is 4.55 Å². The van der Waals surface area contributed by atoms with Crippen molar-refractivity contribution in [3.63, 3.8) is 0 Å². The van der Waals surface area contributed by atoms with Crippen LogP contribution in [-0.4, -0.2) is 31.3 Å². The molecule has 2 rings (SSSR count). The van der Waals surface area contributed by atoms with Crippen LogP contribution < -0.4 is 4.90 Å². The molecule has 100 valence electrons. The summed E-state index contributed by atoms with van der Waals surface area (Å²) in [4.78, 5) is 2.24. The Bertz CT molecular complexity index is 513. The Labute approximate surface area is 108 Å². The number of anilines is 1. The predicted molar refractivity (Wildman–Crippen MR) is 72.6 cm³/mol. The van der Waals surface area contributed by atoms with Crippen molar-refractivity contribution in [2.45, 2.75) is 32.2 Å². The maximum atomic E-state index is 10.8. The number of aryl methyl sites for hydroxylation is 1. The zero-order chi connectivity index (χ0) is 13.2. The van der Waals surface area contributed by atoms with E-state index in [1.54, 1.807) is 0 Å². The topological polar surface area (TPSA) is 57.6 Å². The minimum atomic E-state index is -3.86. The molecule has 1 aromatic rings. The van der Waals surface area contributed by atoms with Gasteiger partial charge in [0.25, 0.3) is 10.1 Å². The predicted octanol–water partition coefficient (Wildman–Crippen LogP) is 2.11. The highest BCUT2D eigenvalue weighted by Gasteiger charge is 2.21. The minimum Gasteiger partial charge on any atom is -0.369 e. The van der Waals surface area contributed by atoms with Gasteiger partial charge in [0.1, 0.15) is 0 Å². The summed E-state index contributed by atoms with van der Waals surface area (Å²) in [6, 6.07) is 8.36. The Hall–Kier alpha value is -1.07.